The quantitative estimate of drug-likeness (QED) is 0.124. The number of allylic oxidation sites excluding steroid dienone is 3. The first-order chi connectivity index (χ1) is 23.8. The van der Waals surface area contributed by atoms with E-state index in [0.29, 0.717) is 30.3 Å². The van der Waals surface area contributed by atoms with Crippen LogP contribution in [-0.2, 0) is 4.79 Å². The van der Waals surface area contributed by atoms with Gasteiger partial charge < -0.3 is 30.6 Å². The number of fused-ring (bicyclic) bond motifs is 2. The van der Waals surface area contributed by atoms with Crippen LogP contribution in [0.2, 0.25) is 0 Å². The number of hydrogen-bond donors (Lipinski definition) is 5. The molecule has 10 nitrogen and oxygen atoms in total. The molecule has 2 aromatic carbocycles. The predicted octanol–water partition coefficient (Wildman–Crippen LogP) is 6.01. The largest absolute Gasteiger partial charge is 0.492 e. The number of aromatic nitrogens is 4. The number of carbonyl (C=O) groups excluding carboxylic acids is 1. The smallest absolute Gasteiger partial charge is 0.224 e. The molecule has 0 spiro atoms. The minimum Gasteiger partial charge on any atom is -0.492 e. The minimum absolute atomic E-state index is 0.0346. The molecule has 0 aliphatic carbocycles. The Morgan fingerprint density at radius 3 is 2.73 bits per heavy atom. The van der Waals surface area contributed by atoms with Gasteiger partial charge in [-0.05, 0) is 118 Å². The highest BCUT2D eigenvalue weighted by Gasteiger charge is 2.19. The van der Waals surface area contributed by atoms with Crippen LogP contribution in [-0.4, -0.2) is 71.3 Å². The summed E-state index contributed by atoms with van der Waals surface area (Å²) in [5.74, 6) is 0.542. The Kier molecular flexibility index (Phi) is 9.28. The number of pyridine rings is 1. The van der Waals surface area contributed by atoms with E-state index in [1.54, 1.807) is 12.4 Å². The lowest BCUT2D eigenvalue weighted by Crippen LogP contribution is -2.31. The number of likely N-dealkylation sites (N-methyl/N-ethyl adjacent to an activating group) is 1. The molecule has 2 aliphatic heterocycles. The van der Waals surface area contributed by atoms with Gasteiger partial charge in [-0.25, -0.2) is 4.39 Å². The fourth-order valence-electron chi connectivity index (χ4n) is 6.57. The lowest BCUT2D eigenvalue weighted by Gasteiger charge is -2.22. The van der Waals surface area contributed by atoms with Gasteiger partial charge in [0.1, 0.15) is 23.9 Å². The zero-order chi connectivity index (χ0) is 33.9. The summed E-state index contributed by atoms with van der Waals surface area (Å²) >= 11 is 0. The summed E-state index contributed by atoms with van der Waals surface area (Å²) in [6.45, 7) is 5.17. The number of aryl methyl sites for hydroxylation is 1. The van der Waals surface area contributed by atoms with Gasteiger partial charge in [-0.15, -0.1) is 0 Å². The minimum atomic E-state index is -0.373. The molecule has 3 aromatic heterocycles. The van der Waals surface area contributed by atoms with Gasteiger partial charge in [0.2, 0.25) is 5.91 Å². The zero-order valence-electron chi connectivity index (χ0n) is 28.0. The van der Waals surface area contributed by atoms with Gasteiger partial charge in [0, 0.05) is 59.7 Å². The molecule has 49 heavy (non-hydrogen) atoms. The molecule has 252 valence electrons. The Morgan fingerprint density at radius 2 is 1.90 bits per heavy atom. The lowest BCUT2D eigenvalue weighted by atomic mass is 9.94. The highest BCUT2D eigenvalue weighted by Crippen LogP contribution is 2.36. The fourth-order valence-corrected chi connectivity index (χ4v) is 6.57. The van der Waals surface area contributed by atoms with Crippen LogP contribution in [0.4, 0.5) is 4.39 Å². The summed E-state index contributed by atoms with van der Waals surface area (Å²) in [5, 5.41) is 19.5. The lowest BCUT2D eigenvalue weighted by molar-refractivity contribution is -0.121. The molecule has 5 heterocycles. The first-order valence-corrected chi connectivity index (χ1v) is 16.7. The van der Waals surface area contributed by atoms with Crippen LogP contribution in [0, 0.1) is 18.7 Å². The predicted molar refractivity (Wildman–Crippen MR) is 192 cm³/mol. The number of benzene rings is 2. The van der Waals surface area contributed by atoms with Crippen molar-refractivity contribution in [2.24, 2.45) is 5.92 Å². The molecule has 5 N–H and O–H groups in total. The van der Waals surface area contributed by atoms with Crippen molar-refractivity contribution in [2.45, 2.75) is 26.2 Å². The molecule has 1 saturated heterocycles. The maximum atomic E-state index is 14.8. The first kappa shape index (κ1) is 32.3. The number of piperidine rings is 1. The second-order valence-electron chi connectivity index (χ2n) is 13.1. The molecule has 0 radical (unpaired) electrons. The monoisotopic (exact) mass is 660 g/mol. The highest BCUT2D eigenvalue weighted by atomic mass is 19.1. The average Bonchev–Trinajstić information content (AvgIpc) is 3.62. The maximum absolute atomic E-state index is 14.8. The standard InChI is InChI=1S/C38H41FN8O2/c1-23-12-34-32(18-30(23)26-15-28(6-9-41-20-26)43-37(48)13-24-4-7-40-8-5-24)38(46-45-34)35-19-31-33(21-42-22-36(31)44-35)25-14-27(39)17-29(16-25)49-11-10-47(2)3/h6,9,12,14-22,24,40-41,44H,4-5,7-8,10-11,13H2,1-3H3,(H,43,48)(H,45,46). The second kappa shape index (κ2) is 14.1. The summed E-state index contributed by atoms with van der Waals surface area (Å²) < 4.78 is 20.6. The molecule has 1 amide bonds. The Morgan fingerprint density at radius 1 is 1.04 bits per heavy atom. The molecule has 5 aromatic rings. The number of carbonyl (C=O) groups is 1. The first-order valence-electron chi connectivity index (χ1n) is 16.7. The van der Waals surface area contributed by atoms with Gasteiger partial charge in [-0.2, -0.15) is 5.10 Å². The second-order valence-corrected chi connectivity index (χ2v) is 13.1. The number of rotatable bonds is 10. The van der Waals surface area contributed by atoms with Crippen LogP contribution >= 0.6 is 0 Å². The SMILES string of the molecule is Cc1cc2[nH]nc(-c3cc4c(-c5cc(F)cc(OCCN(C)C)c5)cncc4[nH]3)c2cc1C1=CNC=CC(NC(=O)CC2CCNCC2)=C1. The van der Waals surface area contributed by atoms with Crippen LogP contribution in [0.15, 0.2) is 79.0 Å². The van der Waals surface area contributed by atoms with Crippen molar-refractivity contribution in [1.82, 2.24) is 41.0 Å². The van der Waals surface area contributed by atoms with Crippen LogP contribution in [0.5, 0.6) is 5.75 Å². The van der Waals surface area contributed by atoms with Crippen molar-refractivity contribution in [3.8, 4) is 28.3 Å². The van der Waals surface area contributed by atoms with Crippen molar-refractivity contribution in [3.63, 3.8) is 0 Å². The number of nitrogens with zero attached hydrogens (tertiary/aromatic N) is 3. The molecule has 0 unspecified atom stereocenters. The van der Waals surface area contributed by atoms with E-state index >= 15 is 0 Å². The van der Waals surface area contributed by atoms with E-state index in [-0.39, 0.29) is 11.7 Å². The maximum Gasteiger partial charge on any atom is 0.224 e. The molecule has 1 fully saturated rings. The molecule has 2 aliphatic rings. The van der Waals surface area contributed by atoms with Crippen molar-refractivity contribution >= 4 is 33.3 Å². The van der Waals surface area contributed by atoms with E-state index in [4.69, 9.17) is 9.84 Å². The number of nitrogens with one attached hydrogen (secondary N) is 5. The third-order valence-electron chi connectivity index (χ3n) is 9.13. The molecule has 0 atom stereocenters. The van der Waals surface area contributed by atoms with Crippen LogP contribution in [0.3, 0.4) is 0 Å². The molecule has 11 heteroatoms. The summed E-state index contributed by atoms with van der Waals surface area (Å²) in [6.07, 6.45) is 13.7. The number of ether oxygens (including phenoxy) is 1. The van der Waals surface area contributed by atoms with Crippen molar-refractivity contribution in [1.29, 1.82) is 0 Å². The van der Waals surface area contributed by atoms with Crippen molar-refractivity contribution < 1.29 is 13.9 Å². The van der Waals surface area contributed by atoms with Gasteiger partial charge in [-0.3, -0.25) is 14.9 Å². The number of hydrogen-bond acceptors (Lipinski definition) is 7. The average molecular weight is 661 g/mol. The third-order valence-corrected chi connectivity index (χ3v) is 9.13. The van der Waals surface area contributed by atoms with Crippen molar-refractivity contribution in [3.05, 3.63) is 96.0 Å². The zero-order valence-corrected chi connectivity index (χ0v) is 28.0. The number of aromatic amines is 2. The van der Waals surface area contributed by atoms with Gasteiger partial charge in [0.05, 0.1) is 22.9 Å². The van der Waals surface area contributed by atoms with E-state index in [2.05, 4.69) is 50.1 Å². The number of H-pyrrole nitrogens is 2. The van der Waals surface area contributed by atoms with Crippen LogP contribution in [0.25, 0.3) is 49.9 Å². The summed E-state index contributed by atoms with van der Waals surface area (Å²) in [4.78, 5) is 22.9. The van der Waals surface area contributed by atoms with E-state index < -0.39 is 0 Å². The van der Waals surface area contributed by atoms with E-state index in [0.717, 1.165) is 93.6 Å². The molecular formula is C38H41FN8O2. The Bertz CT molecular complexity index is 2100. The molecule has 0 saturated carbocycles. The molecular weight excluding hydrogens is 619 g/mol. The fraction of sp³-hybridized carbons (Fsp3) is 0.289. The van der Waals surface area contributed by atoms with Gasteiger partial charge in [0.15, 0.2) is 0 Å². The Labute approximate surface area is 284 Å². The van der Waals surface area contributed by atoms with E-state index in [9.17, 15) is 9.18 Å². The van der Waals surface area contributed by atoms with E-state index in [1.165, 1.54) is 12.1 Å². The van der Waals surface area contributed by atoms with Crippen LogP contribution in [0.1, 0.15) is 30.4 Å². The highest BCUT2D eigenvalue weighted by molar-refractivity contribution is 6.02. The summed E-state index contributed by atoms with van der Waals surface area (Å²) in [6, 6.07) is 11.0. The molecule has 0 bridgehead atoms. The normalized spacial score (nSPS) is 15.3. The van der Waals surface area contributed by atoms with Gasteiger partial charge >= 0.3 is 0 Å². The summed E-state index contributed by atoms with van der Waals surface area (Å²) in [7, 11) is 3.94. The topological polar surface area (TPSA) is 123 Å². The van der Waals surface area contributed by atoms with E-state index in [1.807, 2.05) is 55.7 Å². The summed E-state index contributed by atoms with van der Waals surface area (Å²) in [5.41, 5.74) is 8.49. The van der Waals surface area contributed by atoms with Crippen molar-refractivity contribution in [2.75, 3.05) is 40.3 Å². The van der Waals surface area contributed by atoms with Gasteiger partial charge in [-0.1, -0.05) is 0 Å². The Hall–Kier alpha value is -5.26. The number of halogens is 1. The third kappa shape index (κ3) is 7.28. The number of amides is 1. The molecule has 7 rings (SSSR count). The van der Waals surface area contributed by atoms with Crippen LogP contribution < -0.4 is 20.7 Å². The Balaban J connectivity index is 1.19. The van der Waals surface area contributed by atoms with Gasteiger partial charge in [0.25, 0.3) is 0 Å².